The predicted molar refractivity (Wildman–Crippen MR) is 73.8 cm³/mol. The fourth-order valence-corrected chi connectivity index (χ4v) is 1.67. The summed E-state index contributed by atoms with van der Waals surface area (Å²) < 4.78 is 5.45. The van der Waals surface area contributed by atoms with Crippen LogP contribution in [-0.2, 0) is 4.79 Å². The molecule has 3 N–H and O–H groups in total. The highest BCUT2D eigenvalue weighted by molar-refractivity contribution is 5.92. The molecule has 0 aromatic heterocycles. The Bertz CT molecular complexity index is 367. The number of hydrogen-bond donors (Lipinski definition) is 2. The van der Waals surface area contributed by atoms with Gasteiger partial charge in [0.05, 0.1) is 12.3 Å². The Hall–Kier alpha value is -1.55. The van der Waals surface area contributed by atoms with Gasteiger partial charge < -0.3 is 15.8 Å². The number of unbranched alkanes of at least 4 members (excludes halogenated alkanes) is 2. The van der Waals surface area contributed by atoms with Crippen LogP contribution in [0.15, 0.2) is 24.3 Å². The average Bonchev–Trinajstić information content (AvgIpc) is 2.37. The fraction of sp³-hybridized carbons (Fsp3) is 0.500. The third-order valence-corrected chi connectivity index (χ3v) is 2.57. The summed E-state index contributed by atoms with van der Waals surface area (Å²) in [6.45, 7) is 3.20. The van der Waals surface area contributed by atoms with Crippen LogP contribution in [-0.4, -0.2) is 19.1 Å². The number of hydrogen-bond acceptors (Lipinski definition) is 3. The van der Waals surface area contributed by atoms with Gasteiger partial charge in [-0.25, -0.2) is 0 Å². The molecule has 18 heavy (non-hydrogen) atoms. The number of carbonyl (C=O) groups excluding carboxylic acids is 1. The summed E-state index contributed by atoms with van der Waals surface area (Å²) in [7, 11) is 0. The van der Waals surface area contributed by atoms with Gasteiger partial charge in [0.2, 0.25) is 5.91 Å². The van der Waals surface area contributed by atoms with Crippen LogP contribution in [0.2, 0.25) is 0 Å². The van der Waals surface area contributed by atoms with E-state index in [1.165, 1.54) is 0 Å². The smallest absolute Gasteiger partial charge is 0.224 e. The fourth-order valence-electron chi connectivity index (χ4n) is 1.67. The highest BCUT2D eigenvalue weighted by atomic mass is 16.5. The molecule has 4 heteroatoms. The zero-order valence-corrected chi connectivity index (χ0v) is 10.9. The number of nitrogens with one attached hydrogen (secondary N) is 1. The molecule has 4 nitrogen and oxygen atoms in total. The maximum atomic E-state index is 11.7. The molecule has 0 aliphatic rings. The van der Waals surface area contributed by atoms with Crippen molar-refractivity contribution in [3.63, 3.8) is 0 Å². The van der Waals surface area contributed by atoms with Crippen molar-refractivity contribution in [2.24, 2.45) is 5.73 Å². The maximum Gasteiger partial charge on any atom is 0.224 e. The van der Waals surface area contributed by atoms with E-state index in [0.29, 0.717) is 19.6 Å². The van der Waals surface area contributed by atoms with E-state index in [4.69, 9.17) is 10.5 Å². The molecule has 0 heterocycles. The Morgan fingerprint density at radius 1 is 1.28 bits per heavy atom. The van der Waals surface area contributed by atoms with Crippen LogP contribution >= 0.6 is 0 Å². The number of para-hydroxylation sites is 2. The zero-order chi connectivity index (χ0) is 13.2. The summed E-state index contributed by atoms with van der Waals surface area (Å²) in [5.74, 6) is 0.745. The second kappa shape index (κ2) is 8.53. The summed E-state index contributed by atoms with van der Waals surface area (Å²) >= 11 is 0. The first-order valence-electron chi connectivity index (χ1n) is 6.49. The molecular weight excluding hydrogens is 228 g/mol. The first kappa shape index (κ1) is 14.5. The molecule has 100 valence electrons. The Labute approximate surface area is 109 Å². The summed E-state index contributed by atoms with van der Waals surface area (Å²) in [5.41, 5.74) is 6.14. The molecule has 0 fully saturated rings. The molecule has 1 aromatic rings. The third kappa shape index (κ3) is 5.19. The van der Waals surface area contributed by atoms with Crippen molar-refractivity contribution in [1.29, 1.82) is 0 Å². The van der Waals surface area contributed by atoms with E-state index in [1.807, 2.05) is 31.2 Å². The third-order valence-electron chi connectivity index (χ3n) is 2.57. The van der Waals surface area contributed by atoms with E-state index in [1.54, 1.807) is 0 Å². The number of benzene rings is 1. The highest BCUT2D eigenvalue weighted by Crippen LogP contribution is 2.23. The van der Waals surface area contributed by atoms with Crippen molar-refractivity contribution in [3.8, 4) is 5.75 Å². The molecule has 0 atom stereocenters. The quantitative estimate of drug-likeness (QED) is 0.697. The maximum absolute atomic E-state index is 11.7. The van der Waals surface area contributed by atoms with Crippen LogP contribution in [0.5, 0.6) is 5.75 Å². The zero-order valence-electron chi connectivity index (χ0n) is 10.9. The molecule has 0 spiro atoms. The van der Waals surface area contributed by atoms with Gasteiger partial charge in [0, 0.05) is 6.42 Å². The van der Waals surface area contributed by atoms with Gasteiger partial charge in [-0.3, -0.25) is 4.79 Å². The van der Waals surface area contributed by atoms with E-state index in [9.17, 15) is 4.79 Å². The van der Waals surface area contributed by atoms with Crippen molar-refractivity contribution in [2.75, 3.05) is 18.5 Å². The van der Waals surface area contributed by atoms with Crippen molar-refractivity contribution >= 4 is 11.6 Å². The lowest BCUT2D eigenvalue weighted by atomic mass is 10.2. The summed E-state index contributed by atoms with van der Waals surface area (Å²) in [4.78, 5) is 11.7. The largest absolute Gasteiger partial charge is 0.492 e. The van der Waals surface area contributed by atoms with Crippen molar-refractivity contribution < 1.29 is 9.53 Å². The first-order valence-corrected chi connectivity index (χ1v) is 6.49. The Morgan fingerprint density at radius 3 is 2.78 bits per heavy atom. The van der Waals surface area contributed by atoms with Crippen molar-refractivity contribution in [2.45, 2.75) is 32.6 Å². The minimum atomic E-state index is 0.0270. The number of amides is 1. The van der Waals surface area contributed by atoms with E-state index in [-0.39, 0.29) is 5.91 Å². The minimum absolute atomic E-state index is 0.0270. The van der Waals surface area contributed by atoms with Crippen LogP contribution in [0.3, 0.4) is 0 Å². The Balaban J connectivity index is 2.43. The van der Waals surface area contributed by atoms with Crippen molar-refractivity contribution in [1.82, 2.24) is 0 Å². The van der Waals surface area contributed by atoms with E-state index >= 15 is 0 Å². The van der Waals surface area contributed by atoms with Crippen LogP contribution in [0, 0.1) is 0 Å². The van der Waals surface area contributed by atoms with E-state index in [0.717, 1.165) is 30.7 Å². The van der Waals surface area contributed by atoms with Gasteiger partial charge >= 0.3 is 0 Å². The van der Waals surface area contributed by atoms with Gasteiger partial charge in [-0.05, 0) is 38.4 Å². The Morgan fingerprint density at radius 2 is 2.06 bits per heavy atom. The van der Waals surface area contributed by atoms with Gasteiger partial charge in [0.25, 0.3) is 0 Å². The predicted octanol–water partition coefficient (Wildman–Crippen LogP) is 2.54. The molecule has 0 aliphatic heterocycles. The SMILES string of the molecule is CCOc1ccccc1NC(=O)CCCCCN. The van der Waals surface area contributed by atoms with Gasteiger partial charge in [-0.15, -0.1) is 0 Å². The van der Waals surface area contributed by atoms with E-state index < -0.39 is 0 Å². The molecule has 0 radical (unpaired) electrons. The van der Waals surface area contributed by atoms with E-state index in [2.05, 4.69) is 5.32 Å². The number of anilines is 1. The molecule has 1 rings (SSSR count). The van der Waals surface area contributed by atoms with Gasteiger partial charge in [0.15, 0.2) is 0 Å². The van der Waals surface area contributed by atoms with Gasteiger partial charge in [-0.1, -0.05) is 18.6 Å². The van der Waals surface area contributed by atoms with Crippen LogP contribution in [0.1, 0.15) is 32.6 Å². The Kier molecular flexibility index (Phi) is 6.87. The standard InChI is InChI=1S/C14H22N2O2/c1-2-18-13-9-6-5-8-12(13)16-14(17)10-4-3-7-11-15/h5-6,8-9H,2-4,7,10-11,15H2,1H3,(H,16,17). The summed E-state index contributed by atoms with van der Waals surface area (Å²) in [6.07, 6.45) is 3.38. The van der Waals surface area contributed by atoms with Gasteiger partial charge in [-0.2, -0.15) is 0 Å². The van der Waals surface area contributed by atoms with Gasteiger partial charge in [0.1, 0.15) is 5.75 Å². The molecule has 0 aliphatic carbocycles. The topological polar surface area (TPSA) is 64.3 Å². The van der Waals surface area contributed by atoms with Crippen LogP contribution in [0.25, 0.3) is 0 Å². The number of ether oxygens (including phenoxy) is 1. The molecule has 0 saturated heterocycles. The number of nitrogens with two attached hydrogens (primary N) is 1. The molecule has 1 amide bonds. The lowest BCUT2D eigenvalue weighted by Gasteiger charge is -2.11. The number of carbonyl (C=O) groups is 1. The molecular formula is C14H22N2O2. The average molecular weight is 250 g/mol. The number of rotatable bonds is 8. The summed E-state index contributed by atoms with van der Waals surface area (Å²) in [5, 5.41) is 2.88. The first-order chi connectivity index (χ1) is 8.77. The normalized spacial score (nSPS) is 10.1. The molecule has 0 saturated carbocycles. The second-order valence-electron chi connectivity index (χ2n) is 4.08. The van der Waals surface area contributed by atoms with Crippen LogP contribution < -0.4 is 15.8 Å². The lowest BCUT2D eigenvalue weighted by Crippen LogP contribution is -2.12. The molecule has 0 unspecified atom stereocenters. The monoisotopic (exact) mass is 250 g/mol. The highest BCUT2D eigenvalue weighted by Gasteiger charge is 2.06. The molecule has 1 aromatic carbocycles. The van der Waals surface area contributed by atoms with Crippen molar-refractivity contribution in [3.05, 3.63) is 24.3 Å². The minimum Gasteiger partial charge on any atom is -0.492 e. The van der Waals surface area contributed by atoms with Crippen LogP contribution in [0.4, 0.5) is 5.69 Å². The lowest BCUT2D eigenvalue weighted by molar-refractivity contribution is -0.116. The summed E-state index contributed by atoms with van der Waals surface area (Å²) in [6, 6.07) is 7.48. The molecule has 0 bridgehead atoms. The second-order valence-corrected chi connectivity index (χ2v) is 4.08.